The molecule has 0 unspecified atom stereocenters. The van der Waals surface area contributed by atoms with Crippen molar-refractivity contribution in [1.29, 1.82) is 0 Å². The molecule has 1 rings (SSSR count). The average Bonchev–Trinajstić information content (AvgIpc) is 1.85. The van der Waals surface area contributed by atoms with Gasteiger partial charge in [0.1, 0.15) is 0 Å². The number of rotatable bonds is 1. The number of hydrogen-bond acceptors (Lipinski definition) is 2. The summed E-state index contributed by atoms with van der Waals surface area (Å²) < 4.78 is 0.900. The summed E-state index contributed by atoms with van der Waals surface area (Å²) in [7, 11) is 0. The molecular formula is C7H8BrNO. The molecule has 3 heteroatoms. The first-order valence-electron chi connectivity index (χ1n) is 2.88. The summed E-state index contributed by atoms with van der Waals surface area (Å²) in [5.74, 6) is 0. The number of aliphatic hydroxyl groups excluding tert-OH is 1. The number of hydrogen-bond donors (Lipinski definition) is 2. The van der Waals surface area contributed by atoms with Crippen molar-refractivity contribution in [2.75, 3.05) is 5.73 Å². The molecule has 2 nitrogen and oxygen atoms in total. The quantitative estimate of drug-likeness (QED) is 0.678. The predicted octanol–water partition coefficient (Wildman–Crippen LogP) is 1.52. The highest BCUT2D eigenvalue weighted by atomic mass is 79.9. The zero-order valence-corrected chi connectivity index (χ0v) is 6.93. The molecule has 0 bridgehead atoms. The summed E-state index contributed by atoms with van der Waals surface area (Å²) in [5.41, 5.74) is 6.98. The number of nitrogen functional groups attached to an aromatic ring is 1. The summed E-state index contributed by atoms with van der Waals surface area (Å²) in [6.07, 6.45) is 0. The van der Waals surface area contributed by atoms with Crippen LogP contribution in [-0.4, -0.2) is 5.11 Å². The van der Waals surface area contributed by atoms with Crippen LogP contribution in [0.2, 0.25) is 0 Å². The zero-order chi connectivity index (χ0) is 7.56. The van der Waals surface area contributed by atoms with Gasteiger partial charge in [-0.15, -0.1) is 0 Å². The fourth-order valence-corrected chi connectivity index (χ4v) is 1.33. The zero-order valence-electron chi connectivity index (χ0n) is 5.34. The van der Waals surface area contributed by atoms with Gasteiger partial charge < -0.3 is 10.8 Å². The lowest BCUT2D eigenvalue weighted by Crippen LogP contribution is -1.88. The van der Waals surface area contributed by atoms with Crippen LogP contribution in [0, 0.1) is 0 Å². The summed E-state index contributed by atoms with van der Waals surface area (Å²) in [5, 5.41) is 8.71. The Kier molecular flexibility index (Phi) is 2.29. The van der Waals surface area contributed by atoms with E-state index in [2.05, 4.69) is 15.9 Å². The van der Waals surface area contributed by atoms with Crippen LogP contribution in [0.15, 0.2) is 22.7 Å². The first-order chi connectivity index (χ1) is 4.72. The number of halogens is 1. The van der Waals surface area contributed by atoms with Crippen LogP contribution in [0.1, 0.15) is 5.56 Å². The fraction of sp³-hybridized carbons (Fsp3) is 0.143. The van der Waals surface area contributed by atoms with E-state index in [9.17, 15) is 0 Å². The van der Waals surface area contributed by atoms with Gasteiger partial charge in [-0.2, -0.15) is 0 Å². The lowest BCUT2D eigenvalue weighted by atomic mass is 10.2. The van der Waals surface area contributed by atoms with Crippen LogP contribution in [0.5, 0.6) is 0 Å². The molecule has 0 heterocycles. The molecule has 0 amide bonds. The molecule has 0 radical (unpaired) electrons. The van der Waals surface area contributed by atoms with E-state index in [1.54, 1.807) is 12.1 Å². The third kappa shape index (κ3) is 1.72. The molecule has 0 saturated heterocycles. The van der Waals surface area contributed by atoms with E-state index in [0.29, 0.717) is 5.69 Å². The van der Waals surface area contributed by atoms with Crippen LogP contribution < -0.4 is 5.73 Å². The van der Waals surface area contributed by atoms with Gasteiger partial charge in [0.2, 0.25) is 0 Å². The highest BCUT2D eigenvalue weighted by Gasteiger charge is 1.93. The maximum Gasteiger partial charge on any atom is 0.0683 e. The fourth-order valence-electron chi connectivity index (χ4n) is 0.767. The van der Waals surface area contributed by atoms with Crippen LogP contribution in [0.3, 0.4) is 0 Å². The maximum atomic E-state index is 8.71. The van der Waals surface area contributed by atoms with Crippen LogP contribution in [0.25, 0.3) is 0 Å². The van der Waals surface area contributed by atoms with Gasteiger partial charge in [-0.05, 0) is 23.8 Å². The van der Waals surface area contributed by atoms with Crippen molar-refractivity contribution in [2.24, 2.45) is 0 Å². The van der Waals surface area contributed by atoms with Crippen molar-refractivity contribution >= 4 is 21.6 Å². The molecule has 54 valence electrons. The van der Waals surface area contributed by atoms with E-state index < -0.39 is 0 Å². The average molecular weight is 202 g/mol. The molecule has 0 aliphatic rings. The Hall–Kier alpha value is -0.540. The van der Waals surface area contributed by atoms with Gasteiger partial charge in [0.25, 0.3) is 0 Å². The molecule has 10 heavy (non-hydrogen) atoms. The molecule has 1 aromatic carbocycles. The van der Waals surface area contributed by atoms with Crippen LogP contribution >= 0.6 is 15.9 Å². The number of benzene rings is 1. The van der Waals surface area contributed by atoms with Gasteiger partial charge in [0, 0.05) is 10.2 Å². The Balaban J connectivity index is 3.06. The van der Waals surface area contributed by atoms with Gasteiger partial charge in [0.15, 0.2) is 0 Å². The number of aliphatic hydroxyl groups is 1. The Bertz CT molecular complexity index is 217. The summed E-state index contributed by atoms with van der Waals surface area (Å²) >= 11 is 3.26. The van der Waals surface area contributed by atoms with E-state index in [4.69, 9.17) is 10.8 Å². The van der Waals surface area contributed by atoms with Crippen molar-refractivity contribution < 1.29 is 5.11 Å². The molecule has 3 N–H and O–H groups in total. The summed E-state index contributed by atoms with van der Waals surface area (Å²) in [4.78, 5) is 0. The minimum Gasteiger partial charge on any atom is -0.399 e. The van der Waals surface area contributed by atoms with E-state index in [1.165, 1.54) is 0 Å². The van der Waals surface area contributed by atoms with Gasteiger partial charge in [-0.25, -0.2) is 0 Å². The lowest BCUT2D eigenvalue weighted by molar-refractivity contribution is 0.282. The largest absolute Gasteiger partial charge is 0.399 e. The topological polar surface area (TPSA) is 46.2 Å². The Morgan fingerprint density at radius 3 is 2.60 bits per heavy atom. The minimum atomic E-state index is 0.0314. The Morgan fingerprint density at radius 1 is 1.40 bits per heavy atom. The van der Waals surface area contributed by atoms with Gasteiger partial charge >= 0.3 is 0 Å². The van der Waals surface area contributed by atoms with E-state index in [-0.39, 0.29) is 6.61 Å². The standard InChI is InChI=1S/C7H8BrNO/c8-6-1-5(4-10)2-7(9)3-6/h1-3,10H,4,9H2. The van der Waals surface area contributed by atoms with Crippen molar-refractivity contribution in [3.63, 3.8) is 0 Å². The maximum absolute atomic E-state index is 8.71. The molecule has 0 aliphatic heterocycles. The Labute approximate surface area is 67.8 Å². The monoisotopic (exact) mass is 201 g/mol. The second-order valence-electron chi connectivity index (χ2n) is 2.05. The summed E-state index contributed by atoms with van der Waals surface area (Å²) in [6.45, 7) is 0.0314. The first-order valence-corrected chi connectivity index (χ1v) is 3.67. The smallest absolute Gasteiger partial charge is 0.0683 e. The van der Waals surface area contributed by atoms with E-state index in [0.717, 1.165) is 10.0 Å². The normalized spacial score (nSPS) is 9.80. The molecule has 0 spiro atoms. The second-order valence-corrected chi connectivity index (χ2v) is 2.97. The Morgan fingerprint density at radius 2 is 2.10 bits per heavy atom. The van der Waals surface area contributed by atoms with Crippen molar-refractivity contribution in [3.05, 3.63) is 28.2 Å². The first kappa shape index (κ1) is 7.57. The second kappa shape index (κ2) is 3.03. The van der Waals surface area contributed by atoms with Crippen LogP contribution in [-0.2, 0) is 6.61 Å². The molecule has 1 aromatic rings. The van der Waals surface area contributed by atoms with Crippen LogP contribution in [0.4, 0.5) is 5.69 Å². The lowest BCUT2D eigenvalue weighted by Gasteiger charge is -1.98. The van der Waals surface area contributed by atoms with Gasteiger partial charge in [0.05, 0.1) is 6.61 Å². The van der Waals surface area contributed by atoms with Crippen molar-refractivity contribution in [2.45, 2.75) is 6.61 Å². The van der Waals surface area contributed by atoms with E-state index in [1.807, 2.05) is 6.07 Å². The third-order valence-electron chi connectivity index (χ3n) is 1.16. The summed E-state index contributed by atoms with van der Waals surface area (Å²) in [6, 6.07) is 5.36. The van der Waals surface area contributed by atoms with Crippen molar-refractivity contribution in [1.82, 2.24) is 0 Å². The highest BCUT2D eigenvalue weighted by molar-refractivity contribution is 9.10. The molecule has 0 aliphatic carbocycles. The van der Waals surface area contributed by atoms with Gasteiger partial charge in [-0.1, -0.05) is 15.9 Å². The molecule has 0 fully saturated rings. The third-order valence-corrected chi connectivity index (χ3v) is 1.62. The molecule has 0 aromatic heterocycles. The highest BCUT2D eigenvalue weighted by Crippen LogP contribution is 2.16. The number of anilines is 1. The SMILES string of the molecule is Nc1cc(Br)cc(CO)c1. The molecule has 0 saturated carbocycles. The van der Waals surface area contributed by atoms with Gasteiger partial charge in [-0.3, -0.25) is 0 Å². The minimum absolute atomic E-state index is 0.0314. The molecular weight excluding hydrogens is 194 g/mol. The van der Waals surface area contributed by atoms with E-state index >= 15 is 0 Å². The predicted molar refractivity (Wildman–Crippen MR) is 44.5 cm³/mol. The van der Waals surface area contributed by atoms with Crippen molar-refractivity contribution in [3.8, 4) is 0 Å². The molecule has 0 atom stereocenters. The number of nitrogens with two attached hydrogens (primary N) is 1.